The van der Waals surface area contributed by atoms with Crippen LogP contribution in [0, 0.1) is 0 Å². The summed E-state index contributed by atoms with van der Waals surface area (Å²) in [5.41, 5.74) is 6.76. The van der Waals surface area contributed by atoms with E-state index in [9.17, 15) is 19.5 Å². The molecule has 0 radical (unpaired) electrons. The van der Waals surface area contributed by atoms with Gasteiger partial charge in [-0.05, 0) is 12.1 Å². The topological polar surface area (TPSA) is 164 Å². The van der Waals surface area contributed by atoms with Crippen molar-refractivity contribution in [2.45, 2.75) is 18.0 Å². The number of aromatic nitrogens is 2. The summed E-state index contributed by atoms with van der Waals surface area (Å²) >= 11 is 1.38. The molecule has 1 saturated heterocycles. The van der Waals surface area contributed by atoms with E-state index in [-0.39, 0.29) is 23.1 Å². The molecule has 1 fully saturated rings. The minimum atomic E-state index is -1.20. The van der Waals surface area contributed by atoms with Crippen molar-refractivity contribution in [3.05, 3.63) is 65.8 Å². The number of nitrogens with zero attached hydrogens (tertiary/aromatic N) is 4. The molecule has 0 spiro atoms. The van der Waals surface area contributed by atoms with E-state index >= 15 is 0 Å². The number of anilines is 1. The predicted molar refractivity (Wildman–Crippen MR) is 128 cm³/mol. The largest absolute Gasteiger partial charge is 0.477 e. The number of carbonyl (C=O) groups excluding carboxylic acids is 2. The monoisotopic (exact) mass is 509 g/mol. The molecule has 2 aromatic heterocycles. The standard InChI is InChI=1S/C23H20N6O6S/c1-34-27-16(14-10-35-23(24)25-14)19(30)26-17-20(31)29-18(22(32)33)13(11-36-21(17)29)9-28-8-4-6-12-5-2-3-7-15(12)28/h2-8,10,17,21H,9,11H2,1H3,(H3-,24,25,26,30,32,33)/p+1/b27-16-/t17?,21-/m1/s1. The number of nitrogens with one attached hydrogen (secondary N) is 1. The number of fused-ring (bicyclic) bond motifs is 2. The van der Waals surface area contributed by atoms with Crippen LogP contribution in [0.1, 0.15) is 5.69 Å². The zero-order valence-corrected chi connectivity index (χ0v) is 19.8. The molecule has 3 aromatic rings. The number of thioether (sulfide) groups is 1. The van der Waals surface area contributed by atoms with Gasteiger partial charge >= 0.3 is 5.97 Å². The minimum Gasteiger partial charge on any atom is -0.477 e. The first kappa shape index (κ1) is 23.4. The maximum Gasteiger partial charge on any atom is 0.352 e. The van der Waals surface area contributed by atoms with Crippen LogP contribution in [-0.2, 0) is 25.8 Å². The van der Waals surface area contributed by atoms with E-state index in [4.69, 9.17) is 15.0 Å². The lowest BCUT2D eigenvalue weighted by molar-refractivity contribution is -0.663. The molecule has 13 heteroatoms. The number of benzene rings is 1. The van der Waals surface area contributed by atoms with Crippen LogP contribution < -0.4 is 15.6 Å². The average molecular weight is 510 g/mol. The third kappa shape index (κ3) is 4.02. The van der Waals surface area contributed by atoms with Crippen molar-refractivity contribution < 1.29 is 33.3 Å². The maximum absolute atomic E-state index is 13.0. The zero-order chi connectivity index (χ0) is 25.4. The van der Waals surface area contributed by atoms with Crippen molar-refractivity contribution in [1.82, 2.24) is 15.2 Å². The van der Waals surface area contributed by atoms with Crippen LogP contribution >= 0.6 is 11.8 Å². The van der Waals surface area contributed by atoms with Crippen LogP contribution in [0.5, 0.6) is 0 Å². The van der Waals surface area contributed by atoms with Crippen molar-refractivity contribution in [2.24, 2.45) is 5.16 Å². The number of hydrogen-bond acceptors (Lipinski definition) is 9. The first-order valence-electron chi connectivity index (χ1n) is 10.8. The fourth-order valence-corrected chi connectivity index (χ4v) is 5.61. The van der Waals surface area contributed by atoms with Gasteiger partial charge in [-0.15, -0.1) is 11.8 Å². The third-order valence-electron chi connectivity index (χ3n) is 5.85. The van der Waals surface area contributed by atoms with Crippen LogP contribution in [0.3, 0.4) is 0 Å². The van der Waals surface area contributed by atoms with E-state index in [0.717, 1.165) is 17.2 Å². The molecule has 1 aromatic carbocycles. The van der Waals surface area contributed by atoms with E-state index < -0.39 is 29.2 Å². The molecule has 2 amide bonds. The highest BCUT2D eigenvalue weighted by molar-refractivity contribution is 8.00. The molecule has 36 heavy (non-hydrogen) atoms. The summed E-state index contributed by atoms with van der Waals surface area (Å²) in [7, 11) is 1.25. The molecule has 0 aliphatic carbocycles. The van der Waals surface area contributed by atoms with Crippen LogP contribution in [-0.4, -0.2) is 62.8 Å². The quantitative estimate of drug-likeness (QED) is 0.178. The van der Waals surface area contributed by atoms with Crippen LogP contribution in [0.25, 0.3) is 10.9 Å². The first-order chi connectivity index (χ1) is 17.4. The summed E-state index contributed by atoms with van der Waals surface area (Å²) in [6.45, 7) is 0.307. The molecule has 0 bridgehead atoms. The summed E-state index contributed by atoms with van der Waals surface area (Å²) in [4.78, 5) is 47.9. The van der Waals surface area contributed by atoms with Crippen molar-refractivity contribution in [3.63, 3.8) is 0 Å². The Morgan fingerprint density at radius 1 is 1.36 bits per heavy atom. The smallest absolute Gasteiger partial charge is 0.352 e. The molecule has 2 aliphatic rings. The van der Waals surface area contributed by atoms with Gasteiger partial charge in [-0.1, -0.05) is 17.3 Å². The number of carboxylic acids is 1. The Morgan fingerprint density at radius 3 is 2.86 bits per heavy atom. The molecular formula is C23H21N6O6S+. The average Bonchev–Trinajstić information content (AvgIpc) is 3.31. The minimum absolute atomic E-state index is 0.0345. The van der Waals surface area contributed by atoms with Gasteiger partial charge in [-0.3, -0.25) is 14.5 Å². The van der Waals surface area contributed by atoms with Crippen LogP contribution in [0.2, 0.25) is 0 Å². The van der Waals surface area contributed by atoms with Gasteiger partial charge < -0.3 is 25.4 Å². The number of amides is 2. The number of para-hydroxylation sites is 1. The predicted octanol–water partition coefficient (Wildman–Crippen LogP) is 0.487. The van der Waals surface area contributed by atoms with E-state index in [1.165, 1.54) is 23.8 Å². The Morgan fingerprint density at radius 2 is 2.14 bits per heavy atom. The number of rotatable bonds is 7. The molecule has 2 atom stereocenters. The van der Waals surface area contributed by atoms with Crippen LogP contribution in [0.15, 0.2) is 69.7 Å². The Labute approximate surface area is 208 Å². The number of carbonyl (C=O) groups is 3. The van der Waals surface area contributed by atoms with Gasteiger partial charge in [0.05, 0.1) is 0 Å². The number of carboxylic acid groups (broad SMARTS) is 1. The maximum atomic E-state index is 13.0. The number of hydrogen-bond donors (Lipinski definition) is 3. The second kappa shape index (κ2) is 9.34. The normalized spacial score (nSPS) is 19.6. The zero-order valence-electron chi connectivity index (χ0n) is 19.0. The molecular weight excluding hydrogens is 488 g/mol. The van der Waals surface area contributed by atoms with E-state index in [2.05, 4.69) is 15.5 Å². The lowest BCUT2D eigenvalue weighted by Crippen LogP contribution is -2.71. The summed E-state index contributed by atoms with van der Waals surface area (Å²) in [5.74, 6) is -2.09. The van der Waals surface area contributed by atoms with Gasteiger partial charge in [0, 0.05) is 28.8 Å². The Balaban J connectivity index is 1.38. The first-order valence-corrected chi connectivity index (χ1v) is 11.8. The van der Waals surface area contributed by atoms with E-state index in [1.807, 2.05) is 47.2 Å². The van der Waals surface area contributed by atoms with Crippen molar-refractivity contribution in [2.75, 3.05) is 18.6 Å². The molecule has 1 unspecified atom stereocenters. The van der Waals surface area contributed by atoms with Gasteiger partial charge in [0.2, 0.25) is 5.52 Å². The molecule has 5 rings (SSSR count). The van der Waals surface area contributed by atoms with Crippen molar-refractivity contribution in [1.29, 1.82) is 0 Å². The number of β-lactam (4-membered cyclic amide) rings is 1. The highest BCUT2D eigenvalue weighted by atomic mass is 32.2. The molecule has 4 N–H and O–H groups in total. The van der Waals surface area contributed by atoms with Crippen molar-refractivity contribution >= 4 is 52.2 Å². The number of pyridine rings is 1. The fraction of sp³-hybridized carbons (Fsp3) is 0.217. The molecule has 2 aliphatic heterocycles. The lowest BCUT2D eigenvalue weighted by atomic mass is 10.0. The van der Waals surface area contributed by atoms with Crippen molar-refractivity contribution in [3.8, 4) is 0 Å². The third-order valence-corrected chi connectivity index (χ3v) is 7.19. The van der Waals surface area contributed by atoms with Gasteiger partial charge in [-0.25, -0.2) is 4.79 Å². The summed E-state index contributed by atoms with van der Waals surface area (Å²) < 4.78 is 6.87. The van der Waals surface area contributed by atoms with Gasteiger partial charge in [0.25, 0.3) is 17.8 Å². The summed E-state index contributed by atoms with van der Waals surface area (Å²) in [5, 5.41) is 16.7. The Bertz CT molecular complexity index is 1440. The highest BCUT2D eigenvalue weighted by Crippen LogP contribution is 2.40. The highest BCUT2D eigenvalue weighted by Gasteiger charge is 2.54. The van der Waals surface area contributed by atoms with Crippen LogP contribution in [0.4, 0.5) is 6.01 Å². The lowest BCUT2D eigenvalue weighted by Gasteiger charge is -2.49. The van der Waals surface area contributed by atoms with Gasteiger partial charge in [-0.2, -0.15) is 9.55 Å². The number of nitrogens with two attached hydrogens (primary N) is 1. The molecule has 184 valence electrons. The Hall–Kier alpha value is -4.39. The number of nitrogen functional groups attached to an aromatic ring is 1. The summed E-state index contributed by atoms with van der Waals surface area (Å²) in [6, 6.07) is 10.5. The van der Waals surface area contributed by atoms with E-state index in [1.54, 1.807) is 0 Å². The van der Waals surface area contributed by atoms with Gasteiger partial charge in [0.1, 0.15) is 36.2 Å². The second-order valence-electron chi connectivity index (χ2n) is 8.01. The number of aliphatic carboxylic acids is 1. The van der Waals surface area contributed by atoms with Gasteiger partial charge in [0.15, 0.2) is 18.5 Å². The number of oxime groups is 1. The number of oxazole rings is 1. The fourth-order valence-electron chi connectivity index (χ4n) is 4.27. The SMILES string of the molecule is CO/N=C(\C(=O)NC1C(=O)N2C(C(=O)O)=C(C[n+]3cccc4ccccc43)CS[C@H]12)c1coc(N)n1. The molecule has 12 nitrogen and oxygen atoms in total. The molecule has 0 saturated carbocycles. The Kier molecular flexibility index (Phi) is 6.06. The van der Waals surface area contributed by atoms with E-state index in [0.29, 0.717) is 17.9 Å². The summed E-state index contributed by atoms with van der Waals surface area (Å²) in [6.07, 6.45) is 3.01. The second-order valence-corrected chi connectivity index (χ2v) is 9.11. The molecule has 4 heterocycles.